The van der Waals surface area contributed by atoms with Gasteiger partial charge in [-0.2, -0.15) is 15.1 Å². The van der Waals surface area contributed by atoms with Crippen LogP contribution in [0.2, 0.25) is 0 Å². The molecule has 6 heteroatoms. The van der Waals surface area contributed by atoms with Gasteiger partial charge in [0.25, 0.3) is 0 Å². The van der Waals surface area contributed by atoms with Gasteiger partial charge >= 0.3 is 0 Å². The van der Waals surface area contributed by atoms with Crippen LogP contribution >= 0.6 is 0 Å². The van der Waals surface area contributed by atoms with Crippen molar-refractivity contribution in [2.45, 2.75) is 38.6 Å². The minimum atomic E-state index is 0.276. The third-order valence-electron chi connectivity index (χ3n) is 3.68. The molecule has 2 aromatic rings. The van der Waals surface area contributed by atoms with Crippen LogP contribution in [-0.2, 0) is 0 Å². The second-order valence-corrected chi connectivity index (χ2v) is 5.16. The van der Waals surface area contributed by atoms with Crippen molar-refractivity contribution < 1.29 is 0 Å². The summed E-state index contributed by atoms with van der Waals surface area (Å²) >= 11 is 0. The second kappa shape index (κ2) is 4.44. The van der Waals surface area contributed by atoms with Crippen molar-refractivity contribution in [1.29, 1.82) is 0 Å². The predicted molar refractivity (Wildman–Crippen MR) is 71.1 cm³/mol. The van der Waals surface area contributed by atoms with E-state index in [0.29, 0.717) is 11.7 Å². The smallest absolute Gasteiger partial charge is 0.224 e. The number of H-pyrrole nitrogens is 1. The number of fused-ring (bicyclic) bond motifs is 1. The van der Waals surface area contributed by atoms with Gasteiger partial charge in [0.1, 0.15) is 5.82 Å². The van der Waals surface area contributed by atoms with Crippen LogP contribution in [0.15, 0.2) is 6.20 Å². The maximum atomic E-state index is 5.70. The largest absolute Gasteiger partial charge is 0.368 e. The van der Waals surface area contributed by atoms with E-state index in [1.165, 1.54) is 25.7 Å². The molecule has 96 valence electrons. The van der Waals surface area contributed by atoms with Crippen LogP contribution in [0, 0.1) is 5.92 Å². The summed E-state index contributed by atoms with van der Waals surface area (Å²) in [6.07, 6.45) is 6.65. The highest BCUT2D eigenvalue weighted by Gasteiger charge is 2.19. The molecule has 2 heterocycles. The Morgan fingerprint density at radius 1 is 1.28 bits per heavy atom. The molecule has 18 heavy (non-hydrogen) atoms. The first-order chi connectivity index (χ1) is 8.72. The molecule has 1 fully saturated rings. The van der Waals surface area contributed by atoms with Crippen molar-refractivity contribution in [3.8, 4) is 0 Å². The van der Waals surface area contributed by atoms with Crippen molar-refractivity contribution >= 4 is 22.8 Å². The van der Waals surface area contributed by atoms with E-state index in [1.54, 1.807) is 6.20 Å². The first-order valence-corrected chi connectivity index (χ1v) is 6.45. The van der Waals surface area contributed by atoms with Crippen molar-refractivity contribution in [3.63, 3.8) is 0 Å². The van der Waals surface area contributed by atoms with Crippen LogP contribution in [0.25, 0.3) is 11.0 Å². The highest BCUT2D eigenvalue weighted by Crippen LogP contribution is 2.27. The molecule has 0 bridgehead atoms. The fourth-order valence-electron chi connectivity index (χ4n) is 2.56. The van der Waals surface area contributed by atoms with Crippen LogP contribution in [0.1, 0.15) is 32.6 Å². The molecule has 0 amide bonds. The summed E-state index contributed by atoms with van der Waals surface area (Å²) in [5, 5.41) is 11.2. The summed E-state index contributed by atoms with van der Waals surface area (Å²) in [5.74, 6) is 1.91. The number of nitrogens with one attached hydrogen (secondary N) is 2. The molecule has 0 aliphatic heterocycles. The molecule has 2 aromatic heterocycles. The molecule has 0 radical (unpaired) electrons. The van der Waals surface area contributed by atoms with Gasteiger partial charge in [-0.15, -0.1) is 0 Å². The maximum Gasteiger partial charge on any atom is 0.224 e. The number of nitrogens with zero attached hydrogens (tertiary/aromatic N) is 3. The Morgan fingerprint density at radius 2 is 2.06 bits per heavy atom. The summed E-state index contributed by atoms with van der Waals surface area (Å²) < 4.78 is 0. The first-order valence-electron chi connectivity index (χ1n) is 6.45. The van der Waals surface area contributed by atoms with Crippen molar-refractivity contribution in [1.82, 2.24) is 20.2 Å². The normalized spacial score (nSPS) is 24.3. The van der Waals surface area contributed by atoms with Gasteiger partial charge in [-0.3, -0.25) is 5.10 Å². The zero-order chi connectivity index (χ0) is 12.5. The van der Waals surface area contributed by atoms with Crippen LogP contribution in [0.3, 0.4) is 0 Å². The monoisotopic (exact) mass is 246 g/mol. The molecule has 4 N–H and O–H groups in total. The summed E-state index contributed by atoms with van der Waals surface area (Å²) in [6, 6.07) is 0.480. The van der Waals surface area contributed by atoms with E-state index in [9.17, 15) is 0 Å². The average molecular weight is 246 g/mol. The number of anilines is 2. The van der Waals surface area contributed by atoms with Gasteiger partial charge in [-0.1, -0.05) is 6.92 Å². The fraction of sp³-hybridized carbons (Fsp3) is 0.583. The Bertz CT molecular complexity index is 540. The molecule has 0 atom stereocenters. The molecule has 6 nitrogen and oxygen atoms in total. The van der Waals surface area contributed by atoms with Crippen LogP contribution in [0.4, 0.5) is 11.8 Å². The van der Waals surface area contributed by atoms with E-state index in [-0.39, 0.29) is 5.95 Å². The van der Waals surface area contributed by atoms with E-state index >= 15 is 0 Å². The van der Waals surface area contributed by atoms with Crippen molar-refractivity contribution in [2.75, 3.05) is 11.1 Å². The topological polar surface area (TPSA) is 92.5 Å². The van der Waals surface area contributed by atoms with E-state index in [0.717, 1.165) is 17.1 Å². The van der Waals surface area contributed by atoms with Gasteiger partial charge in [0.2, 0.25) is 5.95 Å². The number of aromatic amines is 1. The minimum Gasteiger partial charge on any atom is -0.368 e. The quantitative estimate of drug-likeness (QED) is 0.753. The Kier molecular flexibility index (Phi) is 2.77. The number of hydrogen-bond donors (Lipinski definition) is 3. The van der Waals surface area contributed by atoms with Crippen molar-refractivity contribution in [3.05, 3.63) is 6.20 Å². The number of hydrogen-bond acceptors (Lipinski definition) is 5. The summed E-state index contributed by atoms with van der Waals surface area (Å²) in [4.78, 5) is 8.39. The lowest BCUT2D eigenvalue weighted by Crippen LogP contribution is -2.25. The Morgan fingerprint density at radius 3 is 2.83 bits per heavy atom. The van der Waals surface area contributed by atoms with E-state index in [1.807, 2.05) is 0 Å². The molecule has 0 saturated heterocycles. The summed E-state index contributed by atoms with van der Waals surface area (Å²) in [7, 11) is 0. The molecule has 1 aliphatic rings. The maximum absolute atomic E-state index is 5.70. The molecule has 0 aromatic carbocycles. The highest BCUT2D eigenvalue weighted by atomic mass is 15.2. The average Bonchev–Trinajstić information content (AvgIpc) is 2.80. The lowest BCUT2D eigenvalue weighted by atomic mass is 9.87. The number of nitrogens with two attached hydrogens (primary N) is 1. The van der Waals surface area contributed by atoms with E-state index < -0.39 is 0 Å². The number of aromatic nitrogens is 4. The Hall–Kier alpha value is -1.85. The number of nitrogen functional groups attached to an aromatic ring is 1. The highest BCUT2D eigenvalue weighted by molar-refractivity contribution is 5.86. The van der Waals surface area contributed by atoms with Crippen LogP contribution < -0.4 is 11.1 Å². The molecular weight excluding hydrogens is 228 g/mol. The fourth-order valence-corrected chi connectivity index (χ4v) is 2.56. The summed E-state index contributed by atoms with van der Waals surface area (Å²) in [6.45, 7) is 2.31. The number of rotatable bonds is 2. The third-order valence-corrected chi connectivity index (χ3v) is 3.68. The van der Waals surface area contributed by atoms with Gasteiger partial charge in [-0.05, 0) is 31.6 Å². The lowest BCUT2D eigenvalue weighted by molar-refractivity contribution is 0.361. The zero-order valence-electron chi connectivity index (χ0n) is 10.5. The predicted octanol–water partition coefficient (Wildman–Crippen LogP) is 1.93. The molecular formula is C12H18N6. The Balaban J connectivity index is 1.83. The molecule has 1 aliphatic carbocycles. The standard InChI is InChI=1S/C12H18N6/c1-7-2-4-8(5-3-7)15-10-9-6-14-18-11(9)17-12(13)16-10/h6-8H,2-5H2,1H3,(H4,13,14,15,16,17,18). The Labute approximate surface area is 105 Å². The van der Waals surface area contributed by atoms with Gasteiger partial charge in [0.05, 0.1) is 11.6 Å². The summed E-state index contributed by atoms with van der Waals surface area (Å²) in [5.41, 5.74) is 6.39. The van der Waals surface area contributed by atoms with Gasteiger partial charge in [-0.25, -0.2) is 0 Å². The molecule has 0 unspecified atom stereocenters. The first kappa shape index (κ1) is 11.3. The molecule has 0 spiro atoms. The third kappa shape index (κ3) is 2.10. The lowest BCUT2D eigenvalue weighted by Gasteiger charge is -2.27. The van der Waals surface area contributed by atoms with Crippen LogP contribution in [0.5, 0.6) is 0 Å². The second-order valence-electron chi connectivity index (χ2n) is 5.16. The minimum absolute atomic E-state index is 0.276. The van der Waals surface area contributed by atoms with E-state index in [2.05, 4.69) is 32.4 Å². The van der Waals surface area contributed by atoms with Gasteiger partial charge in [0, 0.05) is 6.04 Å². The molecule has 1 saturated carbocycles. The zero-order valence-corrected chi connectivity index (χ0v) is 10.5. The van der Waals surface area contributed by atoms with Gasteiger partial charge in [0.15, 0.2) is 5.65 Å². The van der Waals surface area contributed by atoms with Gasteiger partial charge < -0.3 is 11.1 Å². The molecule has 3 rings (SSSR count). The van der Waals surface area contributed by atoms with E-state index in [4.69, 9.17) is 5.73 Å². The SMILES string of the molecule is CC1CCC(Nc2nc(N)nc3[nH]ncc23)CC1. The van der Waals surface area contributed by atoms with Crippen molar-refractivity contribution in [2.24, 2.45) is 5.92 Å². The van der Waals surface area contributed by atoms with Crippen LogP contribution in [-0.4, -0.2) is 26.2 Å².